The first kappa shape index (κ1) is 7.57. The molecule has 1 saturated heterocycles. The largest absolute Gasteiger partial charge is 0.383 e. The Hall–Kier alpha value is -1.07. The summed E-state index contributed by atoms with van der Waals surface area (Å²) < 4.78 is 7.07. The van der Waals surface area contributed by atoms with Gasteiger partial charge >= 0.3 is 0 Å². The molecule has 5 nitrogen and oxygen atoms in total. The van der Waals surface area contributed by atoms with Gasteiger partial charge in [0, 0.05) is 0 Å². The van der Waals surface area contributed by atoms with E-state index in [0.717, 1.165) is 5.69 Å². The smallest absolute Gasteiger partial charge is 0.228 e. The average Bonchev–Trinajstić information content (AvgIpc) is 2.79. The lowest BCUT2D eigenvalue weighted by Crippen LogP contribution is -2.33. The zero-order chi connectivity index (χ0) is 8.77. The molecule has 1 aliphatic heterocycles. The minimum Gasteiger partial charge on any atom is -0.383 e. The molecule has 0 radical (unpaired) electrons. The van der Waals surface area contributed by atoms with Gasteiger partial charge in [-0.3, -0.25) is 9.88 Å². The number of nitrogens with one attached hydrogen (secondary N) is 1. The monoisotopic (exact) mass is 168 g/mol. The van der Waals surface area contributed by atoms with E-state index in [2.05, 4.69) is 10.3 Å². The van der Waals surface area contributed by atoms with Crippen LogP contribution in [0.4, 0.5) is 5.82 Å². The lowest BCUT2D eigenvalue weighted by Gasteiger charge is -2.13. The maximum atomic E-state index is 5.78. The molecule has 1 aliphatic rings. The number of aryl methyl sites for hydroxylation is 1. The average molecular weight is 168 g/mol. The predicted molar refractivity (Wildman–Crippen MR) is 44.4 cm³/mol. The SMILES string of the molecule is CNC1(n2cnc(C)c2N)CO1. The number of nitrogen functional groups attached to an aromatic ring is 1. The number of rotatable bonds is 2. The molecule has 1 atom stereocenters. The Bertz CT molecular complexity index is 302. The molecule has 3 N–H and O–H groups in total. The van der Waals surface area contributed by atoms with Crippen molar-refractivity contribution in [2.45, 2.75) is 12.8 Å². The Balaban J connectivity index is 2.40. The van der Waals surface area contributed by atoms with Crippen LogP contribution in [0.1, 0.15) is 5.69 Å². The van der Waals surface area contributed by atoms with E-state index in [1.54, 1.807) is 6.33 Å². The summed E-state index contributed by atoms with van der Waals surface area (Å²) >= 11 is 0. The molecule has 1 fully saturated rings. The van der Waals surface area contributed by atoms with Crippen molar-refractivity contribution in [2.24, 2.45) is 0 Å². The van der Waals surface area contributed by atoms with Gasteiger partial charge in [-0.25, -0.2) is 4.98 Å². The molecule has 0 aliphatic carbocycles. The van der Waals surface area contributed by atoms with Crippen LogP contribution in [0.15, 0.2) is 6.33 Å². The number of hydrogen-bond acceptors (Lipinski definition) is 4. The van der Waals surface area contributed by atoms with Crippen LogP contribution in [-0.4, -0.2) is 23.2 Å². The van der Waals surface area contributed by atoms with E-state index in [-0.39, 0.29) is 0 Å². The third-order valence-electron chi connectivity index (χ3n) is 2.19. The predicted octanol–water partition coefficient (Wildman–Crippen LogP) is -0.366. The van der Waals surface area contributed by atoms with Gasteiger partial charge in [0.2, 0.25) is 5.85 Å². The lowest BCUT2D eigenvalue weighted by molar-refractivity contribution is 0.191. The fourth-order valence-corrected chi connectivity index (χ4v) is 1.21. The van der Waals surface area contributed by atoms with E-state index in [0.29, 0.717) is 12.4 Å². The highest BCUT2D eigenvalue weighted by Gasteiger charge is 2.46. The third-order valence-corrected chi connectivity index (χ3v) is 2.19. The Morgan fingerprint density at radius 3 is 2.83 bits per heavy atom. The summed E-state index contributed by atoms with van der Waals surface area (Å²) in [6.45, 7) is 2.51. The number of anilines is 1. The fraction of sp³-hybridized carbons (Fsp3) is 0.571. The van der Waals surface area contributed by atoms with Crippen molar-refractivity contribution in [1.82, 2.24) is 14.9 Å². The van der Waals surface area contributed by atoms with Crippen LogP contribution in [0.3, 0.4) is 0 Å². The highest BCUT2D eigenvalue weighted by Crippen LogP contribution is 2.31. The van der Waals surface area contributed by atoms with Gasteiger partial charge in [0.05, 0.1) is 5.69 Å². The Morgan fingerprint density at radius 1 is 1.83 bits per heavy atom. The van der Waals surface area contributed by atoms with Crippen molar-refractivity contribution in [3.8, 4) is 0 Å². The highest BCUT2D eigenvalue weighted by molar-refractivity contribution is 5.36. The summed E-state index contributed by atoms with van der Waals surface area (Å²) in [4.78, 5) is 4.09. The minimum atomic E-state index is -0.425. The van der Waals surface area contributed by atoms with Gasteiger partial charge in [-0.2, -0.15) is 0 Å². The number of nitrogens with two attached hydrogens (primary N) is 1. The molecule has 0 spiro atoms. The first-order valence-corrected chi connectivity index (χ1v) is 3.82. The zero-order valence-electron chi connectivity index (χ0n) is 7.16. The highest BCUT2D eigenvalue weighted by atomic mass is 16.6. The fourth-order valence-electron chi connectivity index (χ4n) is 1.21. The molecule has 66 valence electrons. The van der Waals surface area contributed by atoms with Crippen LogP contribution in [0.2, 0.25) is 0 Å². The molecule has 5 heteroatoms. The van der Waals surface area contributed by atoms with E-state index in [1.165, 1.54) is 0 Å². The van der Waals surface area contributed by atoms with Crippen LogP contribution in [-0.2, 0) is 10.6 Å². The molecule has 12 heavy (non-hydrogen) atoms. The van der Waals surface area contributed by atoms with Gasteiger partial charge in [-0.05, 0) is 14.0 Å². The standard InChI is InChI=1S/C7H12N4O/c1-5-6(8)11(4-10-5)7(9-2)3-12-7/h4,9H,3,8H2,1-2H3. The van der Waals surface area contributed by atoms with Crippen molar-refractivity contribution < 1.29 is 4.74 Å². The maximum Gasteiger partial charge on any atom is 0.228 e. The van der Waals surface area contributed by atoms with Gasteiger partial charge in [0.15, 0.2) is 0 Å². The Labute approximate surface area is 70.5 Å². The molecular weight excluding hydrogens is 156 g/mol. The molecule has 0 bridgehead atoms. The van der Waals surface area contributed by atoms with Crippen LogP contribution in [0, 0.1) is 6.92 Å². The molecular formula is C7H12N4O. The number of likely N-dealkylation sites (N-methyl/N-ethyl adjacent to an activating group) is 1. The van der Waals surface area contributed by atoms with Crippen molar-refractivity contribution in [1.29, 1.82) is 0 Å². The summed E-state index contributed by atoms with van der Waals surface area (Å²) in [5, 5.41) is 3.04. The van der Waals surface area contributed by atoms with Crippen molar-refractivity contribution in [3.05, 3.63) is 12.0 Å². The second kappa shape index (κ2) is 2.21. The summed E-state index contributed by atoms with van der Waals surface area (Å²) in [6, 6.07) is 0. The first-order valence-electron chi connectivity index (χ1n) is 3.82. The number of aromatic nitrogens is 2. The zero-order valence-corrected chi connectivity index (χ0v) is 7.16. The summed E-state index contributed by atoms with van der Waals surface area (Å²) in [7, 11) is 1.84. The van der Waals surface area contributed by atoms with Gasteiger partial charge in [-0.15, -0.1) is 0 Å². The maximum absolute atomic E-state index is 5.78. The van der Waals surface area contributed by atoms with Gasteiger partial charge in [0.1, 0.15) is 18.8 Å². The number of hydrogen-bond donors (Lipinski definition) is 2. The van der Waals surface area contributed by atoms with Crippen LogP contribution in [0.25, 0.3) is 0 Å². The molecule has 1 aromatic heterocycles. The third kappa shape index (κ3) is 0.835. The molecule has 1 aromatic rings. The first-order chi connectivity index (χ1) is 5.69. The molecule has 1 unspecified atom stereocenters. The van der Waals surface area contributed by atoms with E-state index >= 15 is 0 Å². The molecule has 2 rings (SSSR count). The summed E-state index contributed by atoms with van der Waals surface area (Å²) in [5.41, 5.74) is 6.62. The quantitative estimate of drug-likeness (QED) is 0.591. The molecule has 0 aromatic carbocycles. The summed E-state index contributed by atoms with van der Waals surface area (Å²) in [6.07, 6.45) is 1.69. The van der Waals surface area contributed by atoms with Crippen LogP contribution >= 0.6 is 0 Å². The molecule has 0 amide bonds. The number of epoxide rings is 1. The van der Waals surface area contributed by atoms with Gasteiger partial charge < -0.3 is 10.5 Å². The second-order valence-corrected chi connectivity index (χ2v) is 2.91. The minimum absolute atomic E-state index is 0.425. The topological polar surface area (TPSA) is 68.4 Å². The van der Waals surface area contributed by atoms with E-state index in [1.807, 2.05) is 18.5 Å². The Morgan fingerprint density at radius 2 is 2.50 bits per heavy atom. The van der Waals surface area contributed by atoms with E-state index in [9.17, 15) is 0 Å². The molecule has 0 saturated carbocycles. The normalized spacial score (nSPS) is 27.5. The van der Waals surface area contributed by atoms with Crippen molar-refractivity contribution in [2.75, 3.05) is 19.4 Å². The van der Waals surface area contributed by atoms with E-state index < -0.39 is 5.85 Å². The molecule has 2 heterocycles. The summed E-state index contributed by atoms with van der Waals surface area (Å²) in [5.74, 6) is 0.229. The van der Waals surface area contributed by atoms with Crippen molar-refractivity contribution in [3.63, 3.8) is 0 Å². The number of imidazole rings is 1. The number of ether oxygens (including phenoxy) is 1. The van der Waals surface area contributed by atoms with Gasteiger partial charge in [0.25, 0.3) is 0 Å². The lowest BCUT2D eigenvalue weighted by atomic mass is 10.4. The van der Waals surface area contributed by atoms with Crippen LogP contribution < -0.4 is 11.1 Å². The van der Waals surface area contributed by atoms with Gasteiger partial charge in [-0.1, -0.05) is 0 Å². The second-order valence-electron chi connectivity index (χ2n) is 2.91. The van der Waals surface area contributed by atoms with Crippen molar-refractivity contribution >= 4 is 5.82 Å². The number of nitrogens with zero attached hydrogens (tertiary/aromatic N) is 2. The van der Waals surface area contributed by atoms with E-state index in [4.69, 9.17) is 10.5 Å². The Kier molecular flexibility index (Phi) is 1.39. The van der Waals surface area contributed by atoms with Crippen LogP contribution in [0.5, 0.6) is 0 Å².